The van der Waals surface area contributed by atoms with Crippen LogP contribution in [0.3, 0.4) is 0 Å². The fourth-order valence-electron chi connectivity index (χ4n) is 1.88. The Kier molecular flexibility index (Phi) is 3.34. The molecule has 1 unspecified atom stereocenters. The lowest BCUT2D eigenvalue weighted by Gasteiger charge is -2.28. The molecule has 0 aromatic carbocycles. The van der Waals surface area contributed by atoms with Crippen molar-refractivity contribution >= 4 is 0 Å². The van der Waals surface area contributed by atoms with E-state index in [4.69, 9.17) is 0 Å². The first kappa shape index (κ1) is 9.01. The summed E-state index contributed by atoms with van der Waals surface area (Å²) in [6.07, 6.45) is 4.36. The van der Waals surface area contributed by atoms with Gasteiger partial charge < -0.3 is 10.2 Å². The quantitative estimate of drug-likeness (QED) is 0.636. The highest BCUT2D eigenvalue weighted by molar-refractivity contribution is 4.76. The third-order valence-electron chi connectivity index (χ3n) is 2.65. The van der Waals surface area contributed by atoms with Gasteiger partial charge in [-0.3, -0.25) is 0 Å². The monoisotopic (exact) mass is 158 g/mol. The van der Waals surface area contributed by atoms with E-state index < -0.39 is 0 Å². The van der Waals surface area contributed by atoms with E-state index in [1.165, 1.54) is 0 Å². The van der Waals surface area contributed by atoms with Crippen LogP contribution in [0.1, 0.15) is 39.0 Å². The van der Waals surface area contributed by atoms with Gasteiger partial charge in [-0.1, -0.05) is 13.3 Å². The van der Waals surface area contributed by atoms with E-state index in [2.05, 4.69) is 0 Å². The Hall–Kier alpha value is -0.0800. The van der Waals surface area contributed by atoms with Gasteiger partial charge in [-0.2, -0.15) is 0 Å². The van der Waals surface area contributed by atoms with Crippen LogP contribution < -0.4 is 0 Å². The summed E-state index contributed by atoms with van der Waals surface area (Å²) in [7, 11) is 0. The normalized spacial score (nSPS) is 35.2. The topological polar surface area (TPSA) is 40.5 Å². The third kappa shape index (κ3) is 2.46. The second-order valence-corrected chi connectivity index (χ2v) is 3.56. The maximum absolute atomic E-state index is 9.49. The van der Waals surface area contributed by atoms with Crippen molar-refractivity contribution in [1.82, 2.24) is 0 Å². The Morgan fingerprint density at radius 1 is 1.45 bits per heavy atom. The van der Waals surface area contributed by atoms with Gasteiger partial charge in [-0.15, -0.1) is 0 Å². The second kappa shape index (κ2) is 4.07. The van der Waals surface area contributed by atoms with Crippen LogP contribution in [0.15, 0.2) is 0 Å². The van der Waals surface area contributed by atoms with Crippen LogP contribution in [-0.2, 0) is 0 Å². The summed E-state index contributed by atoms with van der Waals surface area (Å²) < 4.78 is 0. The highest BCUT2D eigenvalue weighted by Crippen LogP contribution is 2.27. The van der Waals surface area contributed by atoms with Crippen LogP contribution in [0.2, 0.25) is 0 Å². The van der Waals surface area contributed by atoms with E-state index in [-0.39, 0.29) is 12.2 Å². The smallest absolute Gasteiger partial charge is 0.0566 e. The van der Waals surface area contributed by atoms with Gasteiger partial charge in [0.15, 0.2) is 0 Å². The van der Waals surface area contributed by atoms with E-state index in [9.17, 15) is 10.2 Å². The van der Waals surface area contributed by atoms with Crippen LogP contribution in [0.25, 0.3) is 0 Å². The molecule has 2 N–H and O–H groups in total. The molecule has 1 aliphatic carbocycles. The average Bonchev–Trinajstić information content (AvgIpc) is 2.03. The molecule has 3 atom stereocenters. The Bertz CT molecular complexity index is 114. The molecule has 1 rings (SSSR count). The van der Waals surface area contributed by atoms with Gasteiger partial charge in [0.1, 0.15) is 0 Å². The third-order valence-corrected chi connectivity index (χ3v) is 2.65. The average molecular weight is 158 g/mol. The largest absolute Gasteiger partial charge is 0.393 e. The molecule has 1 saturated carbocycles. The van der Waals surface area contributed by atoms with Crippen molar-refractivity contribution in [3.8, 4) is 0 Å². The zero-order valence-electron chi connectivity index (χ0n) is 7.16. The lowest BCUT2D eigenvalue weighted by molar-refractivity contribution is 0.0282. The van der Waals surface area contributed by atoms with Crippen molar-refractivity contribution in [3.05, 3.63) is 0 Å². The lowest BCUT2D eigenvalue weighted by atomic mass is 9.83. The number of hydrogen-bond donors (Lipinski definition) is 2. The molecule has 0 aliphatic heterocycles. The Morgan fingerprint density at radius 2 is 2.18 bits per heavy atom. The molecule has 0 amide bonds. The molecular formula is C9H18O2. The van der Waals surface area contributed by atoms with Gasteiger partial charge in [-0.25, -0.2) is 0 Å². The summed E-state index contributed by atoms with van der Waals surface area (Å²) in [5, 5.41) is 18.8. The van der Waals surface area contributed by atoms with Crippen LogP contribution in [0, 0.1) is 5.92 Å². The Labute approximate surface area is 68.2 Å². The zero-order chi connectivity index (χ0) is 8.27. The molecule has 0 aromatic heterocycles. The van der Waals surface area contributed by atoms with Gasteiger partial charge in [0.25, 0.3) is 0 Å². The Morgan fingerprint density at radius 3 is 2.73 bits per heavy atom. The minimum atomic E-state index is -0.190. The van der Waals surface area contributed by atoms with Gasteiger partial charge >= 0.3 is 0 Å². The predicted molar refractivity (Wildman–Crippen MR) is 44.3 cm³/mol. The molecule has 66 valence electrons. The van der Waals surface area contributed by atoms with Crippen molar-refractivity contribution in [2.24, 2.45) is 5.92 Å². The molecule has 0 radical (unpaired) electrons. The summed E-state index contributed by atoms with van der Waals surface area (Å²) in [4.78, 5) is 0. The van der Waals surface area contributed by atoms with Crippen molar-refractivity contribution in [1.29, 1.82) is 0 Å². The standard InChI is InChI=1S/C9H18O2/c1-2-9(11)7-4-3-5-8(10)6-7/h7-11H,2-6H2,1H3/t7-,8?,9-/m0/s1. The summed E-state index contributed by atoms with van der Waals surface area (Å²) in [6.45, 7) is 1.99. The molecule has 0 saturated heterocycles. The molecule has 2 nitrogen and oxygen atoms in total. The molecule has 2 heteroatoms. The molecule has 0 heterocycles. The second-order valence-electron chi connectivity index (χ2n) is 3.56. The van der Waals surface area contributed by atoms with Crippen molar-refractivity contribution in [2.75, 3.05) is 0 Å². The lowest BCUT2D eigenvalue weighted by Crippen LogP contribution is -2.28. The van der Waals surface area contributed by atoms with E-state index in [1.807, 2.05) is 6.92 Å². The highest BCUT2D eigenvalue weighted by Gasteiger charge is 2.24. The number of aliphatic hydroxyl groups is 2. The van der Waals surface area contributed by atoms with Crippen LogP contribution in [0.4, 0.5) is 0 Å². The summed E-state index contributed by atoms with van der Waals surface area (Å²) in [5.74, 6) is 0.351. The van der Waals surface area contributed by atoms with Crippen molar-refractivity contribution in [2.45, 2.75) is 51.2 Å². The molecule has 0 bridgehead atoms. The van der Waals surface area contributed by atoms with Gasteiger partial charge in [0.05, 0.1) is 12.2 Å². The van der Waals surface area contributed by atoms with Gasteiger partial charge in [-0.05, 0) is 31.6 Å². The van der Waals surface area contributed by atoms with E-state index >= 15 is 0 Å². The highest BCUT2D eigenvalue weighted by atomic mass is 16.3. The molecule has 0 aromatic rings. The van der Waals surface area contributed by atoms with Gasteiger partial charge in [0, 0.05) is 0 Å². The molecule has 0 spiro atoms. The predicted octanol–water partition coefficient (Wildman–Crippen LogP) is 1.31. The first-order chi connectivity index (χ1) is 5.24. The zero-order valence-corrected chi connectivity index (χ0v) is 7.16. The summed E-state index contributed by atoms with van der Waals surface area (Å²) in [6, 6.07) is 0. The Balaban J connectivity index is 2.33. The van der Waals surface area contributed by atoms with E-state index in [0.717, 1.165) is 32.1 Å². The van der Waals surface area contributed by atoms with Crippen LogP contribution in [-0.4, -0.2) is 22.4 Å². The van der Waals surface area contributed by atoms with E-state index in [0.29, 0.717) is 5.92 Å². The maximum Gasteiger partial charge on any atom is 0.0566 e. The summed E-state index contributed by atoms with van der Waals surface area (Å²) in [5.41, 5.74) is 0. The van der Waals surface area contributed by atoms with Crippen LogP contribution >= 0.6 is 0 Å². The SMILES string of the molecule is CC[C@H](O)[C@H]1CCCC(O)C1. The van der Waals surface area contributed by atoms with E-state index in [1.54, 1.807) is 0 Å². The molecule has 1 fully saturated rings. The minimum absolute atomic E-state index is 0.157. The van der Waals surface area contributed by atoms with Crippen molar-refractivity contribution in [3.63, 3.8) is 0 Å². The summed E-state index contributed by atoms with van der Waals surface area (Å²) >= 11 is 0. The minimum Gasteiger partial charge on any atom is -0.393 e. The first-order valence-electron chi connectivity index (χ1n) is 4.60. The fourth-order valence-corrected chi connectivity index (χ4v) is 1.88. The van der Waals surface area contributed by atoms with Crippen molar-refractivity contribution < 1.29 is 10.2 Å². The van der Waals surface area contributed by atoms with Gasteiger partial charge in [0.2, 0.25) is 0 Å². The fraction of sp³-hybridized carbons (Fsp3) is 1.00. The molecule has 11 heavy (non-hydrogen) atoms. The number of rotatable bonds is 2. The van der Waals surface area contributed by atoms with Crippen LogP contribution in [0.5, 0.6) is 0 Å². The maximum atomic E-state index is 9.49. The molecular weight excluding hydrogens is 140 g/mol. The number of hydrogen-bond acceptors (Lipinski definition) is 2. The first-order valence-corrected chi connectivity index (χ1v) is 4.60. The number of aliphatic hydroxyl groups excluding tert-OH is 2. The molecule has 1 aliphatic rings.